The van der Waals surface area contributed by atoms with Crippen LogP contribution in [0.3, 0.4) is 0 Å². The Balaban J connectivity index is -0.000000144. The Morgan fingerprint density at radius 2 is 0.746 bits per heavy atom. The van der Waals surface area contributed by atoms with Crippen molar-refractivity contribution < 1.29 is 15.3 Å². The van der Waals surface area contributed by atoms with E-state index in [0.717, 1.165) is 22.3 Å². The molecule has 0 bridgehead atoms. The van der Waals surface area contributed by atoms with Crippen molar-refractivity contribution in [1.29, 1.82) is 0 Å². The maximum Gasteiger partial charge on any atom is 0.123 e. The predicted molar refractivity (Wildman–Crippen MR) is 269 cm³/mol. The van der Waals surface area contributed by atoms with Gasteiger partial charge in [-0.15, -0.1) is 0 Å². The van der Waals surface area contributed by atoms with E-state index in [-0.39, 0.29) is 13.2 Å². The Labute approximate surface area is 362 Å². The molecule has 0 radical (unpaired) electrons. The summed E-state index contributed by atoms with van der Waals surface area (Å²) < 4.78 is 0. The van der Waals surface area contributed by atoms with Gasteiger partial charge in [-0.1, -0.05) is 227 Å². The number of nitrogens with one attached hydrogen (secondary N) is 1. The van der Waals surface area contributed by atoms with Gasteiger partial charge in [0.15, 0.2) is 0 Å². The van der Waals surface area contributed by atoms with Crippen molar-refractivity contribution in [2.45, 2.75) is 118 Å². The maximum atomic E-state index is 9.56. The predicted octanol–water partition coefficient (Wildman–Crippen LogP) is 17.9. The van der Waals surface area contributed by atoms with E-state index < -0.39 is 0 Å². The number of hydrogen-bond acceptors (Lipinski definition) is 4. The molecule has 5 aromatic carbocycles. The smallest absolute Gasteiger partial charge is 0.123 e. The Kier molecular flexibility index (Phi) is 57.5. The zero-order valence-corrected chi connectivity index (χ0v) is 39.0. The lowest BCUT2D eigenvalue weighted by Gasteiger charge is -2.02. The van der Waals surface area contributed by atoms with Crippen LogP contribution in [0.4, 0.5) is 0 Å². The van der Waals surface area contributed by atoms with E-state index in [0.29, 0.717) is 11.5 Å². The second-order valence-corrected chi connectivity index (χ2v) is 9.04. The molecular weight excluding hydrogens is 725 g/mol. The van der Waals surface area contributed by atoms with Crippen LogP contribution < -0.4 is 0 Å². The lowest BCUT2D eigenvalue weighted by Crippen LogP contribution is -1.79. The van der Waals surface area contributed by atoms with E-state index in [2.05, 4.69) is 28.2 Å². The molecule has 0 fully saturated rings. The Morgan fingerprint density at radius 3 is 1.14 bits per heavy atom. The highest BCUT2D eigenvalue weighted by Gasteiger charge is 2.01. The highest BCUT2D eigenvalue weighted by Crippen LogP contribution is 2.28. The summed E-state index contributed by atoms with van der Waals surface area (Å²) in [6, 6.07) is 47.2. The molecule has 0 saturated heterocycles. The number of aromatic hydroxyl groups is 3. The average Bonchev–Trinajstić information content (AvgIpc) is 3.83. The molecule has 7 aromatic rings. The molecule has 0 atom stereocenters. The highest BCUT2D eigenvalue weighted by molar-refractivity contribution is 5.78. The fraction of sp³-hybridized carbons (Fsp3) is 0.315. The molecule has 59 heavy (non-hydrogen) atoms. The standard InChI is InChI=1S/C12H10O.C11H9NO.C8H7N.C6H6O.8C2H6.CH4/c13-12-9-5-4-8-11(12)10-6-2-1-3-7-10;13-11-6-2-1-5-10(11)9-4-3-7-12-8-9;1-2-4-8-7(3-1)5-6-9-8;7-6-4-2-1-3-5-6;8*1-2;/h1-9,13H;1-8,13H;1-6,9H;1-5,7H;8*1-2H3;1H4. The molecular formula is C54H84N2O3. The van der Waals surface area contributed by atoms with Gasteiger partial charge in [0.25, 0.3) is 0 Å². The van der Waals surface area contributed by atoms with E-state index in [1.807, 2.05) is 208 Å². The molecule has 0 amide bonds. The normalized spacial score (nSPS) is 7.73. The number of aromatic amines is 1. The third-order valence-corrected chi connectivity index (χ3v) is 6.08. The van der Waals surface area contributed by atoms with E-state index >= 15 is 0 Å². The van der Waals surface area contributed by atoms with Gasteiger partial charge in [0.05, 0.1) is 0 Å². The Morgan fingerprint density at radius 1 is 0.373 bits per heavy atom. The van der Waals surface area contributed by atoms with Crippen molar-refractivity contribution in [3.63, 3.8) is 0 Å². The van der Waals surface area contributed by atoms with Gasteiger partial charge in [0.1, 0.15) is 17.2 Å². The van der Waals surface area contributed by atoms with Gasteiger partial charge >= 0.3 is 0 Å². The molecule has 0 aliphatic heterocycles. The van der Waals surface area contributed by atoms with Gasteiger partial charge < -0.3 is 20.3 Å². The third-order valence-electron chi connectivity index (χ3n) is 6.08. The quantitative estimate of drug-likeness (QED) is 0.140. The Bertz CT molecular complexity index is 1640. The van der Waals surface area contributed by atoms with Crippen LogP contribution >= 0.6 is 0 Å². The first-order chi connectivity index (χ1) is 28.6. The first-order valence-corrected chi connectivity index (χ1v) is 21.4. The third kappa shape index (κ3) is 30.9. The zero-order valence-electron chi connectivity index (χ0n) is 39.0. The molecule has 4 N–H and O–H groups in total. The summed E-state index contributed by atoms with van der Waals surface area (Å²) in [4.78, 5) is 7.11. The second-order valence-electron chi connectivity index (χ2n) is 9.04. The van der Waals surface area contributed by atoms with Gasteiger partial charge in [-0.3, -0.25) is 4.98 Å². The van der Waals surface area contributed by atoms with Crippen LogP contribution in [0.25, 0.3) is 33.2 Å². The van der Waals surface area contributed by atoms with Gasteiger partial charge in [0.2, 0.25) is 0 Å². The number of fused-ring (bicyclic) bond motifs is 1. The van der Waals surface area contributed by atoms with Gasteiger partial charge in [-0.2, -0.15) is 0 Å². The number of phenolic OH excluding ortho intramolecular Hbond substituents is 3. The van der Waals surface area contributed by atoms with Crippen molar-refractivity contribution in [2.75, 3.05) is 0 Å². The summed E-state index contributed by atoms with van der Waals surface area (Å²) in [5.41, 5.74) is 4.87. The van der Waals surface area contributed by atoms with Crippen LogP contribution in [-0.2, 0) is 0 Å². The maximum absolute atomic E-state index is 9.56. The molecule has 0 aliphatic carbocycles. The molecule has 7 rings (SSSR count). The summed E-state index contributed by atoms with van der Waals surface area (Å²) in [5.74, 6) is 0.937. The summed E-state index contributed by atoms with van der Waals surface area (Å²) in [6.45, 7) is 32.0. The Hall–Kier alpha value is -5.81. The zero-order chi connectivity index (χ0) is 45.4. The summed E-state index contributed by atoms with van der Waals surface area (Å²) in [5, 5.41) is 29.0. The fourth-order valence-corrected chi connectivity index (χ4v) is 4.00. The summed E-state index contributed by atoms with van der Waals surface area (Å²) >= 11 is 0. The molecule has 0 unspecified atom stereocenters. The van der Waals surface area contributed by atoms with Gasteiger partial charge in [-0.25, -0.2) is 0 Å². The topological polar surface area (TPSA) is 89.4 Å². The minimum absolute atomic E-state index is 0. The minimum atomic E-state index is 0. The van der Waals surface area contributed by atoms with Crippen LogP contribution in [0.2, 0.25) is 0 Å². The molecule has 5 nitrogen and oxygen atoms in total. The molecule has 2 heterocycles. The number of para-hydroxylation sites is 4. The number of H-pyrrole nitrogens is 1. The molecule has 0 aliphatic rings. The lowest BCUT2D eigenvalue weighted by molar-refractivity contribution is 0.475. The molecule has 328 valence electrons. The highest BCUT2D eigenvalue weighted by atomic mass is 16.3. The number of benzene rings is 5. The van der Waals surface area contributed by atoms with Crippen LogP contribution in [0.5, 0.6) is 17.2 Å². The number of hydrogen-bond donors (Lipinski definition) is 4. The van der Waals surface area contributed by atoms with Gasteiger partial charge in [-0.05, 0) is 53.4 Å². The van der Waals surface area contributed by atoms with Crippen molar-refractivity contribution in [3.8, 4) is 39.5 Å². The molecule has 5 heteroatoms. The molecule has 0 spiro atoms. The number of nitrogens with zero attached hydrogens (tertiary/aromatic N) is 1. The first kappa shape index (κ1) is 65.1. The lowest BCUT2D eigenvalue weighted by atomic mass is 10.1. The largest absolute Gasteiger partial charge is 0.508 e. The summed E-state index contributed by atoms with van der Waals surface area (Å²) in [7, 11) is 0. The number of aromatic nitrogens is 2. The van der Waals surface area contributed by atoms with Crippen molar-refractivity contribution in [2.24, 2.45) is 0 Å². The van der Waals surface area contributed by atoms with E-state index in [1.54, 1.807) is 54.9 Å². The van der Waals surface area contributed by atoms with Gasteiger partial charge in [0, 0.05) is 40.8 Å². The number of pyridine rings is 1. The fourth-order valence-electron chi connectivity index (χ4n) is 4.00. The average molecular weight is 809 g/mol. The van der Waals surface area contributed by atoms with Crippen LogP contribution in [0.1, 0.15) is 118 Å². The van der Waals surface area contributed by atoms with Crippen LogP contribution in [-0.4, -0.2) is 25.3 Å². The first-order valence-electron chi connectivity index (χ1n) is 21.4. The van der Waals surface area contributed by atoms with Crippen molar-refractivity contribution >= 4 is 10.9 Å². The second kappa shape index (κ2) is 52.2. The molecule has 2 aromatic heterocycles. The van der Waals surface area contributed by atoms with E-state index in [9.17, 15) is 10.2 Å². The minimum Gasteiger partial charge on any atom is -0.508 e. The van der Waals surface area contributed by atoms with E-state index in [4.69, 9.17) is 5.11 Å². The van der Waals surface area contributed by atoms with Crippen LogP contribution in [0.15, 0.2) is 170 Å². The SMILES string of the molecule is C.CC.CC.CC.CC.CC.CC.CC.CC.Oc1ccccc1.Oc1ccccc1-c1ccccc1.Oc1ccccc1-c1cccnc1.c1ccc2[nH]ccc2c1. The van der Waals surface area contributed by atoms with E-state index in [1.165, 1.54) is 10.9 Å². The monoisotopic (exact) mass is 809 g/mol. The van der Waals surface area contributed by atoms with Crippen LogP contribution in [0, 0.1) is 0 Å². The molecule has 0 saturated carbocycles. The van der Waals surface area contributed by atoms with Crippen molar-refractivity contribution in [1.82, 2.24) is 9.97 Å². The summed E-state index contributed by atoms with van der Waals surface area (Å²) in [6.07, 6.45) is 5.39. The van der Waals surface area contributed by atoms with Crippen molar-refractivity contribution in [3.05, 3.63) is 170 Å². The number of rotatable bonds is 2. The number of phenols is 3.